The summed E-state index contributed by atoms with van der Waals surface area (Å²) < 4.78 is 20.7. The van der Waals surface area contributed by atoms with E-state index < -0.39 is 6.10 Å². The molecule has 2 N–H and O–H groups in total. The van der Waals surface area contributed by atoms with Gasteiger partial charge >= 0.3 is 0 Å². The second-order valence-corrected chi connectivity index (χ2v) is 3.81. The van der Waals surface area contributed by atoms with E-state index in [-0.39, 0.29) is 6.61 Å². The number of ether oxygens (including phenoxy) is 4. The topological polar surface area (TPSA) is 77.4 Å². The molecule has 0 fully saturated rings. The fourth-order valence-corrected chi connectivity index (χ4v) is 1.20. The van der Waals surface area contributed by atoms with Crippen molar-refractivity contribution in [3.05, 3.63) is 12.7 Å². The molecule has 0 saturated carbocycles. The predicted octanol–water partition coefficient (Wildman–Crippen LogP) is -0.0179. The van der Waals surface area contributed by atoms with Gasteiger partial charge in [-0.25, -0.2) is 0 Å². The Labute approximate surface area is 114 Å². The van der Waals surface area contributed by atoms with Crippen LogP contribution in [-0.2, 0) is 18.9 Å². The number of aliphatic hydroxyl groups is 2. The first-order valence-electron chi connectivity index (χ1n) is 6.52. The maximum absolute atomic E-state index is 9.33. The van der Waals surface area contributed by atoms with Gasteiger partial charge in [-0.1, -0.05) is 6.08 Å². The Kier molecular flexibility index (Phi) is 15.1. The Balaban J connectivity index is 3.00. The highest BCUT2D eigenvalue weighted by Gasteiger charge is 2.00. The fourth-order valence-electron chi connectivity index (χ4n) is 1.20. The van der Waals surface area contributed by atoms with E-state index in [2.05, 4.69) is 6.58 Å². The van der Waals surface area contributed by atoms with Gasteiger partial charge in [0.05, 0.1) is 65.6 Å². The highest BCUT2D eigenvalue weighted by atomic mass is 16.6. The third-order valence-corrected chi connectivity index (χ3v) is 2.10. The van der Waals surface area contributed by atoms with Gasteiger partial charge < -0.3 is 29.2 Å². The first-order valence-corrected chi connectivity index (χ1v) is 6.52. The van der Waals surface area contributed by atoms with Crippen molar-refractivity contribution in [2.45, 2.75) is 12.5 Å². The normalized spacial score (nSPS) is 12.5. The van der Waals surface area contributed by atoms with Crippen LogP contribution in [0.1, 0.15) is 6.42 Å². The Morgan fingerprint density at radius 2 is 1.32 bits per heavy atom. The molecular weight excluding hydrogens is 252 g/mol. The van der Waals surface area contributed by atoms with Gasteiger partial charge in [0.1, 0.15) is 0 Å². The van der Waals surface area contributed by atoms with E-state index in [0.29, 0.717) is 59.3 Å². The van der Waals surface area contributed by atoms with E-state index in [1.54, 1.807) is 6.08 Å². The molecular formula is C13H26O6. The van der Waals surface area contributed by atoms with Crippen molar-refractivity contribution in [2.24, 2.45) is 0 Å². The number of hydrogen-bond donors (Lipinski definition) is 2. The molecule has 0 spiro atoms. The molecule has 114 valence electrons. The lowest BCUT2D eigenvalue weighted by Gasteiger charge is -2.09. The summed E-state index contributed by atoms with van der Waals surface area (Å²) in [5.41, 5.74) is 0. The molecule has 0 heterocycles. The molecule has 19 heavy (non-hydrogen) atoms. The summed E-state index contributed by atoms with van der Waals surface area (Å²) in [7, 11) is 0. The van der Waals surface area contributed by atoms with Crippen LogP contribution in [0.15, 0.2) is 12.7 Å². The van der Waals surface area contributed by atoms with E-state index in [9.17, 15) is 5.11 Å². The Morgan fingerprint density at radius 3 is 1.79 bits per heavy atom. The zero-order valence-corrected chi connectivity index (χ0v) is 11.5. The molecule has 0 aliphatic carbocycles. The Hall–Kier alpha value is -0.500. The van der Waals surface area contributed by atoms with E-state index in [0.717, 1.165) is 0 Å². The van der Waals surface area contributed by atoms with E-state index >= 15 is 0 Å². The minimum Gasteiger partial charge on any atom is -0.394 e. The smallest absolute Gasteiger partial charge is 0.0807 e. The lowest BCUT2D eigenvalue weighted by Crippen LogP contribution is -2.17. The van der Waals surface area contributed by atoms with Gasteiger partial charge in [0.25, 0.3) is 0 Å². The van der Waals surface area contributed by atoms with Gasteiger partial charge in [0, 0.05) is 0 Å². The molecule has 0 aliphatic heterocycles. The average molecular weight is 278 g/mol. The quantitative estimate of drug-likeness (QED) is 0.324. The molecule has 0 bridgehead atoms. The van der Waals surface area contributed by atoms with Crippen LogP contribution in [0.5, 0.6) is 0 Å². The summed E-state index contributed by atoms with van der Waals surface area (Å²) in [6.45, 7) is 7.11. The van der Waals surface area contributed by atoms with Gasteiger partial charge in [0.2, 0.25) is 0 Å². The lowest BCUT2D eigenvalue weighted by molar-refractivity contribution is -0.0179. The molecule has 6 heteroatoms. The molecule has 0 radical (unpaired) electrons. The molecule has 0 rings (SSSR count). The molecule has 0 saturated heterocycles. The summed E-state index contributed by atoms with van der Waals surface area (Å²) in [6.07, 6.45) is 1.71. The maximum atomic E-state index is 9.33. The summed E-state index contributed by atoms with van der Waals surface area (Å²) in [4.78, 5) is 0. The van der Waals surface area contributed by atoms with Crippen LogP contribution >= 0.6 is 0 Å². The molecule has 1 atom stereocenters. The SMILES string of the molecule is C=CCC(O)COCCOCCOCCOCCO. The third-order valence-electron chi connectivity index (χ3n) is 2.10. The molecule has 1 unspecified atom stereocenters. The number of hydrogen-bond acceptors (Lipinski definition) is 6. The largest absolute Gasteiger partial charge is 0.394 e. The Morgan fingerprint density at radius 1 is 0.842 bits per heavy atom. The van der Waals surface area contributed by atoms with Crippen molar-refractivity contribution in [1.29, 1.82) is 0 Å². The van der Waals surface area contributed by atoms with Crippen molar-refractivity contribution in [3.8, 4) is 0 Å². The standard InChI is InChI=1S/C13H26O6/c1-2-3-13(15)12-19-11-10-18-9-8-17-7-6-16-5-4-14/h2,13-15H,1,3-12H2. The lowest BCUT2D eigenvalue weighted by atomic mass is 10.3. The van der Waals surface area contributed by atoms with Crippen LogP contribution in [0.3, 0.4) is 0 Å². The van der Waals surface area contributed by atoms with Gasteiger partial charge in [-0.2, -0.15) is 0 Å². The minimum absolute atomic E-state index is 0.0323. The summed E-state index contributed by atoms with van der Waals surface area (Å²) in [5.74, 6) is 0. The second kappa shape index (κ2) is 15.6. The zero-order chi connectivity index (χ0) is 14.2. The van der Waals surface area contributed by atoms with Gasteiger partial charge in [-0.05, 0) is 6.42 Å². The maximum Gasteiger partial charge on any atom is 0.0807 e. The molecule has 6 nitrogen and oxygen atoms in total. The van der Waals surface area contributed by atoms with Crippen LogP contribution in [0.25, 0.3) is 0 Å². The van der Waals surface area contributed by atoms with E-state index in [1.165, 1.54) is 0 Å². The predicted molar refractivity (Wildman–Crippen MR) is 71.2 cm³/mol. The van der Waals surface area contributed by atoms with Crippen molar-refractivity contribution >= 4 is 0 Å². The van der Waals surface area contributed by atoms with Crippen molar-refractivity contribution in [2.75, 3.05) is 59.5 Å². The van der Waals surface area contributed by atoms with Crippen LogP contribution < -0.4 is 0 Å². The first-order chi connectivity index (χ1) is 9.31. The average Bonchev–Trinajstić information content (AvgIpc) is 2.40. The molecule has 0 amide bonds. The van der Waals surface area contributed by atoms with Crippen molar-refractivity contribution < 1.29 is 29.2 Å². The van der Waals surface area contributed by atoms with Gasteiger partial charge in [-0.3, -0.25) is 0 Å². The van der Waals surface area contributed by atoms with Crippen molar-refractivity contribution in [3.63, 3.8) is 0 Å². The summed E-state index contributed by atoms with van der Waals surface area (Å²) >= 11 is 0. The second-order valence-electron chi connectivity index (χ2n) is 3.81. The van der Waals surface area contributed by atoms with Crippen LogP contribution in [0.4, 0.5) is 0 Å². The fraction of sp³-hybridized carbons (Fsp3) is 0.846. The van der Waals surface area contributed by atoms with Gasteiger partial charge in [0.15, 0.2) is 0 Å². The van der Waals surface area contributed by atoms with E-state index in [1.807, 2.05) is 0 Å². The van der Waals surface area contributed by atoms with E-state index in [4.69, 9.17) is 24.1 Å². The minimum atomic E-state index is -0.486. The van der Waals surface area contributed by atoms with Gasteiger partial charge in [-0.15, -0.1) is 6.58 Å². The third kappa shape index (κ3) is 15.4. The molecule has 0 aromatic rings. The molecule has 0 aromatic carbocycles. The summed E-state index contributed by atoms with van der Waals surface area (Å²) in [6, 6.07) is 0. The van der Waals surface area contributed by atoms with Crippen LogP contribution in [0, 0.1) is 0 Å². The first kappa shape index (κ1) is 18.5. The van der Waals surface area contributed by atoms with Crippen LogP contribution in [-0.4, -0.2) is 75.8 Å². The molecule has 0 aliphatic rings. The molecule has 0 aromatic heterocycles. The number of aliphatic hydroxyl groups excluding tert-OH is 2. The highest BCUT2D eigenvalue weighted by Crippen LogP contribution is 1.92. The summed E-state index contributed by atoms with van der Waals surface area (Å²) in [5, 5.41) is 17.8. The Bertz CT molecular complexity index is 188. The van der Waals surface area contributed by atoms with Crippen molar-refractivity contribution in [1.82, 2.24) is 0 Å². The van der Waals surface area contributed by atoms with Crippen LogP contribution in [0.2, 0.25) is 0 Å². The monoisotopic (exact) mass is 278 g/mol. The number of rotatable bonds is 15. The highest BCUT2D eigenvalue weighted by molar-refractivity contribution is 4.71. The zero-order valence-electron chi connectivity index (χ0n) is 11.5.